The van der Waals surface area contributed by atoms with Gasteiger partial charge in [-0.25, -0.2) is 13.1 Å². The number of hydrogen-bond donors (Lipinski definition) is 2. The Balaban J connectivity index is 2.76. The zero-order valence-electron chi connectivity index (χ0n) is 10.2. The van der Waals surface area contributed by atoms with Crippen LogP contribution in [0.4, 0.5) is 5.69 Å². The normalized spacial score (nSPS) is 11.7. The SMILES string of the molecule is C[NH+](C)CCNS(=O)(=O)c1ccc([N+](=O)[O-])cc1. The number of sulfonamides is 1. The minimum Gasteiger partial charge on any atom is -0.339 e. The molecule has 0 aliphatic carbocycles. The molecular formula is C10H16N3O4S+. The third kappa shape index (κ3) is 4.06. The molecule has 0 atom stereocenters. The van der Waals surface area contributed by atoms with Gasteiger partial charge in [-0.1, -0.05) is 0 Å². The van der Waals surface area contributed by atoms with Gasteiger partial charge >= 0.3 is 0 Å². The lowest BCUT2D eigenvalue weighted by Crippen LogP contribution is -3.06. The first-order valence-electron chi connectivity index (χ1n) is 5.36. The molecule has 1 rings (SSSR count). The van der Waals surface area contributed by atoms with Crippen molar-refractivity contribution in [2.45, 2.75) is 4.90 Å². The summed E-state index contributed by atoms with van der Waals surface area (Å²) in [5.74, 6) is 0. The molecule has 7 nitrogen and oxygen atoms in total. The van der Waals surface area contributed by atoms with Crippen molar-refractivity contribution < 1.29 is 18.2 Å². The fourth-order valence-corrected chi connectivity index (χ4v) is 2.30. The number of nitrogens with zero attached hydrogens (tertiary/aromatic N) is 1. The Morgan fingerprint density at radius 1 is 1.28 bits per heavy atom. The topological polar surface area (TPSA) is 93.8 Å². The summed E-state index contributed by atoms with van der Waals surface area (Å²) >= 11 is 0. The maximum Gasteiger partial charge on any atom is 0.269 e. The van der Waals surface area contributed by atoms with Gasteiger partial charge in [0.05, 0.1) is 37.0 Å². The zero-order valence-corrected chi connectivity index (χ0v) is 11.0. The summed E-state index contributed by atoms with van der Waals surface area (Å²) in [4.78, 5) is 11.0. The van der Waals surface area contributed by atoms with E-state index in [1.54, 1.807) is 0 Å². The van der Waals surface area contributed by atoms with Crippen LogP contribution in [0, 0.1) is 10.1 Å². The van der Waals surface area contributed by atoms with E-state index in [-0.39, 0.29) is 10.6 Å². The lowest BCUT2D eigenvalue weighted by atomic mass is 10.3. The van der Waals surface area contributed by atoms with Crippen molar-refractivity contribution in [1.82, 2.24) is 4.72 Å². The first-order valence-corrected chi connectivity index (χ1v) is 6.84. The molecule has 0 bridgehead atoms. The van der Waals surface area contributed by atoms with Gasteiger partial charge < -0.3 is 4.90 Å². The number of nitro benzene ring substituents is 1. The van der Waals surface area contributed by atoms with Crippen molar-refractivity contribution in [2.24, 2.45) is 0 Å². The summed E-state index contributed by atoms with van der Waals surface area (Å²) in [6.07, 6.45) is 0. The zero-order chi connectivity index (χ0) is 13.8. The molecule has 0 aliphatic heterocycles. The molecule has 1 aromatic carbocycles. The minimum absolute atomic E-state index is 0.0295. The summed E-state index contributed by atoms with van der Waals surface area (Å²) in [5.41, 5.74) is -0.133. The molecule has 0 aliphatic rings. The Kier molecular flexibility index (Phi) is 4.76. The van der Waals surface area contributed by atoms with Gasteiger partial charge in [0.25, 0.3) is 5.69 Å². The average Bonchev–Trinajstić information content (AvgIpc) is 2.28. The van der Waals surface area contributed by atoms with Gasteiger partial charge in [-0.05, 0) is 12.1 Å². The number of rotatable bonds is 6. The van der Waals surface area contributed by atoms with Crippen LogP contribution >= 0.6 is 0 Å². The highest BCUT2D eigenvalue weighted by Gasteiger charge is 2.15. The predicted octanol–water partition coefficient (Wildman–Crippen LogP) is -0.982. The monoisotopic (exact) mass is 274 g/mol. The molecule has 18 heavy (non-hydrogen) atoms. The Hall–Kier alpha value is -1.51. The third-order valence-electron chi connectivity index (χ3n) is 2.27. The highest BCUT2D eigenvalue weighted by molar-refractivity contribution is 7.89. The molecule has 0 unspecified atom stereocenters. The van der Waals surface area contributed by atoms with Gasteiger partial charge in [0.2, 0.25) is 10.0 Å². The van der Waals surface area contributed by atoms with Crippen LogP contribution in [0.15, 0.2) is 29.2 Å². The maximum absolute atomic E-state index is 11.8. The number of nitrogens with one attached hydrogen (secondary N) is 2. The Labute approximate surface area is 106 Å². The smallest absolute Gasteiger partial charge is 0.269 e. The van der Waals surface area contributed by atoms with E-state index >= 15 is 0 Å². The Bertz CT molecular complexity index is 510. The van der Waals surface area contributed by atoms with Crippen molar-refractivity contribution in [3.8, 4) is 0 Å². The quantitative estimate of drug-likeness (QED) is 0.515. The lowest BCUT2D eigenvalue weighted by Gasteiger charge is -2.09. The largest absolute Gasteiger partial charge is 0.339 e. The van der Waals surface area contributed by atoms with Gasteiger partial charge in [-0.2, -0.15) is 0 Å². The van der Waals surface area contributed by atoms with E-state index in [1.807, 2.05) is 14.1 Å². The molecule has 2 N–H and O–H groups in total. The van der Waals surface area contributed by atoms with Crippen molar-refractivity contribution in [3.63, 3.8) is 0 Å². The molecule has 0 aromatic heterocycles. The predicted molar refractivity (Wildman–Crippen MR) is 66.0 cm³/mol. The minimum atomic E-state index is -3.58. The summed E-state index contributed by atoms with van der Waals surface area (Å²) < 4.78 is 26.0. The highest BCUT2D eigenvalue weighted by atomic mass is 32.2. The molecule has 0 amide bonds. The number of benzene rings is 1. The van der Waals surface area contributed by atoms with E-state index in [1.165, 1.54) is 24.3 Å². The van der Waals surface area contributed by atoms with Crippen molar-refractivity contribution in [3.05, 3.63) is 34.4 Å². The summed E-state index contributed by atoms with van der Waals surface area (Å²) in [5, 5.41) is 10.4. The summed E-state index contributed by atoms with van der Waals surface area (Å²) in [6, 6.07) is 4.80. The first kappa shape index (κ1) is 14.6. The molecular weight excluding hydrogens is 258 g/mol. The van der Waals surface area contributed by atoms with E-state index in [0.29, 0.717) is 13.1 Å². The summed E-state index contributed by atoms with van der Waals surface area (Å²) in [7, 11) is 0.249. The van der Waals surface area contributed by atoms with Gasteiger partial charge in [0, 0.05) is 12.1 Å². The highest BCUT2D eigenvalue weighted by Crippen LogP contribution is 2.15. The Morgan fingerprint density at radius 2 is 1.83 bits per heavy atom. The third-order valence-corrected chi connectivity index (χ3v) is 3.75. The summed E-state index contributed by atoms with van der Waals surface area (Å²) in [6.45, 7) is 0.980. The van der Waals surface area contributed by atoms with Gasteiger partial charge in [-0.3, -0.25) is 10.1 Å². The van der Waals surface area contributed by atoms with E-state index in [2.05, 4.69) is 4.72 Å². The van der Waals surface area contributed by atoms with Crippen LogP contribution in [-0.2, 0) is 10.0 Å². The van der Waals surface area contributed by atoms with Gasteiger partial charge in [-0.15, -0.1) is 0 Å². The molecule has 1 aromatic rings. The van der Waals surface area contributed by atoms with Crippen LogP contribution in [0.3, 0.4) is 0 Å². The molecule has 0 fully saturated rings. The van der Waals surface area contributed by atoms with Crippen LogP contribution in [0.1, 0.15) is 0 Å². The second-order valence-electron chi connectivity index (χ2n) is 4.11. The van der Waals surface area contributed by atoms with Crippen LogP contribution in [0.25, 0.3) is 0 Å². The molecule has 0 saturated carbocycles. The number of non-ortho nitro benzene ring substituents is 1. The second-order valence-corrected chi connectivity index (χ2v) is 5.87. The number of quaternary nitrogens is 1. The fraction of sp³-hybridized carbons (Fsp3) is 0.400. The number of nitro groups is 1. The van der Waals surface area contributed by atoms with E-state index < -0.39 is 14.9 Å². The number of likely N-dealkylation sites (N-methyl/N-ethyl adjacent to an activating group) is 1. The molecule has 0 spiro atoms. The molecule has 0 saturated heterocycles. The van der Waals surface area contributed by atoms with Crippen LogP contribution < -0.4 is 9.62 Å². The lowest BCUT2D eigenvalue weighted by molar-refractivity contribution is -0.856. The Morgan fingerprint density at radius 3 is 2.28 bits per heavy atom. The van der Waals surface area contributed by atoms with Crippen LogP contribution in [-0.4, -0.2) is 40.5 Å². The number of hydrogen-bond acceptors (Lipinski definition) is 4. The maximum atomic E-state index is 11.8. The van der Waals surface area contributed by atoms with Gasteiger partial charge in [0.1, 0.15) is 0 Å². The van der Waals surface area contributed by atoms with E-state index in [9.17, 15) is 18.5 Å². The van der Waals surface area contributed by atoms with Crippen molar-refractivity contribution in [2.75, 3.05) is 27.2 Å². The van der Waals surface area contributed by atoms with Crippen LogP contribution in [0.2, 0.25) is 0 Å². The van der Waals surface area contributed by atoms with Gasteiger partial charge in [0.15, 0.2) is 0 Å². The first-order chi connectivity index (χ1) is 8.33. The molecule has 100 valence electrons. The van der Waals surface area contributed by atoms with Crippen LogP contribution in [0.5, 0.6) is 0 Å². The second kappa shape index (κ2) is 5.89. The van der Waals surface area contributed by atoms with E-state index in [4.69, 9.17) is 0 Å². The molecule has 0 radical (unpaired) electrons. The molecule has 0 heterocycles. The van der Waals surface area contributed by atoms with E-state index in [0.717, 1.165) is 4.90 Å². The average molecular weight is 274 g/mol. The fourth-order valence-electron chi connectivity index (χ4n) is 1.27. The van der Waals surface area contributed by atoms with Crippen molar-refractivity contribution >= 4 is 15.7 Å². The van der Waals surface area contributed by atoms with Crippen molar-refractivity contribution in [1.29, 1.82) is 0 Å². The molecule has 8 heteroatoms. The standard InChI is InChI=1S/C10H15N3O4S/c1-12(2)8-7-11-18(16,17)10-5-3-9(4-6-10)13(14)15/h3-6,11H,7-8H2,1-2H3/p+1.